The minimum absolute atomic E-state index is 0.259. The predicted octanol–water partition coefficient (Wildman–Crippen LogP) is 1.79. The molecular formula is C12H16N2O. The van der Waals surface area contributed by atoms with Crippen LogP contribution in [0.1, 0.15) is 11.1 Å². The zero-order valence-corrected chi connectivity index (χ0v) is 9.37. The second-order valence-corrected chi connectivity index (χ2v) is 3.60. The number of nitriles is 1. The van der Waals surface area contributed by atoms with Crippen LogP contribution in [0.3, 0.4) is 0 Å². The average Bonchev–Trinajstić information content (AvgIpc) is 2.18. The Morgan fingerprint density at radius 1 is 1.33 bits per heavy atom. The molecule has 0 spiro atoms. The lowest BCUT2D eigenvalue weighted by atomic mass is 10.1. The van der Waals surface area contributed by atoms with Gasteiger partial charge in [0.1, 0.15) is 18.4 Å². The summed E-state index contributed by atoms with van der Waals surface area (Å²) < 4.78 is 5.53. The Morgan fingerprint density at radius 2 is 1.93 bits per heavy atom. The van der Waals surface area contributed by atoms with E-state index in [0.717, 1.165) is 5.75 Å². The molecule has 0 saturated carbocycles. The third kappa shape index (κ3) is 3.61. The van der Waals surface area contributed by atoms with Crippen LogP contribution in [-0.2, 0) is 0 Å². The first-order valence-corrected chi connectivity index (χ1v) is 4.93. The van der Waals surface area contributed by atoms with Crippen LogP contribution in [0.2, 0.25) is 0 Å². The summed E-state index contributed by atoms with van der Waals surface area (Å²) in [5, 5.41) is 11.6. The highest BCUT2D eigenvalue weighted by molar-refractivity contribution is 5.33. The fraction of sp³-hybridized carbons (Fsp3) is 0.417. The van der Waals surface area contributed by atoms with Crippen molar-refractivity contribution in [2.75, 3.05) is 13.7 Å². The van der Waals surface area contributed by atoms with Gasteiger partial charge in [-0.05, 0) is 44.2 Å². The SMILES string of the molecule is CNC(C#N)COc1cc(C)cc(C)c1. The van der Waals surface area contributed by atoms with Crippen molar-refractivity contribution in [3.8, 4) is 11.8 Å². The van der Waals surface area contributed by atoms with Crippen LogP contribution in [-0.4, -0.2) is 19.7 Å². The molecule has 0 saturated heterocycles. The molecule has 1 aromatic carbocycles. The van der Waals surface area contributed by atoms with Crippen molar-refractivity contribution in [2.24, 2.45) is 0 Å². The smallest absolute Gasteiger partial charge is 0.129 e. The normalized spacial score (nSPS) is 11.9. The number of rotatable bonds is 4. The third-order valence-electron chi connectivity index (χ3n) is 2.12. The number of aryl methyl sites for hydroxylation is 2. The van der Waals surface area contributed by atoms with Crippen LogP contribution >= 0.6 is 0 Å². The van der Waals surface area contributed by atoms with Gasteiger partial charge in [0.15, 0.2) is 0 Å². The van der Waals surface area contributed by atoms with E-state index in [2.05, 4.69) is 17.5 Å². The summed E-state index contributed by atoms with van der Waals surface area (Å²) in [6.45, 7) is 4.43. The molecule has 0 fully saturated rings. The zero-order chi connectivity index (χ0) is 11.3. The molecule has 1 unspecified atom stereocenters. The van der Waals surface area contributed by atoms with Gasteiger partial charge in [-0.1, -0.05) is 6.07 Å². The number of nitrogens with one attached hydrogen (secondary N) is 1. The van der Waals surface area contributed by atoms with Gasteiger partial charge >= 0.3 is 0 Å². The van der Waals surface area contributed by atoms with Gasteiger partial charge in [-0.15, -0.1) is 0 Å². The van der Waals surface area contributed by atoms with Crippen LogP contribution in [0.15, 0.2) is 18.2 Å². The first-order valence-electron chi connectivity index (χ1n) is 4.93. The molecule has 1 aromatic rings. The van der Waals surface area contributed by atoms with E-state index in [1.807, 2.05) is 26.0 Å². The predicted molar refractivity (Wildman–Crippen MR) is 59.9 cm³/mol. The molecule has 3 heteroatoms. The van der Waals surface area contributed by atoms with Crippen molar-refractivity contribution >= 4 is 0 Å². The van der Waals surface area contributed by atoms with Crippen LogP contribution < -0.4 is 10.1 Å². The fourth-order valence-electron chi connectivity index (χ4n) is 1.38. The van der Waals surface area contributed by atoms with E-state index in [-0.39, 0.29) is 6.04 Å². The van der Waals surface area contributed by atoms with E-state index in [0.29, 0.717) is 6.61 Å². The molecule has 0 heterocycles. The van der Waals surface area contributed by atoms with E-state index >= 15 is 0 Å². The van der Waals surface area contributed by atoms with Gasteiger partial charge < -0.3 is 10.1 Å². The van der Waals surface area contributed by atoms with Crippen molar-refractivity contribution in [1.29, 1.82) is 5.26 Å². The second-order valence-electron chi connectivity index (χ2n) is 3.60. The van der Waals surface area contributed by atoms with E-state index in [4.69, 9.17) is 10.00 Å². The highest BCUT2D eigenvalue weighted by Gasteiger charge is 2.04. The Kier molecular flexibility index (Phi) is 4.14. The first kappa shape index (κ1) is 11.5. The molecule has 1 N–H and O–H groups in total. The summed E-state index contributed by atoms with van der Waals surface area (Å²) in [6.07, 6.45) is 0. The van der Waals surface area contributed by atoms with Gasteiger partial charge in [0.05, 0.1) is 6.07 Å². The molecule has 0 bridgehead atoms. The lowest BCUT2D eigenvalue weighted by molar-refractivity contribution is 0.294. The maximum Gasteiger partial charge on any atom is 0.129 e. The summed E-state index contributed by atoms with van der Waals surface area (Å²) in [4.78, 5) is 0. The zero-order valence-electron chi connectivity index (χ0n) is 9.37. The number of likely N-dealkylation sites (N-methyl/N-ethyl adjacent to an activating group) is 1. The van der Waals surface area contributed by atoms with Crippen molar-refractivity contribution in [1.82, 2.24) is 5.32 Å². The largest absolute Gasteiger partial charge is 0.491 e. The standard InChI is InChI=1S/C12H16N2O/c1-9-4-10(2)6-12(5-9)15-8-11(7-13)14-3/h4-6,11,14H,8H2,1-3H3. The van der Waals surface area contributed by atoms with E-state index in [9.17, 15) is 0 Å². The summed E-state index contributed by atoms with van der Waals surface area (Å²) in [5.41, 5.74) is 2.34. The minimum Gasteiger partial charge on any atom is -0.491 e. The molecule has 0 radical (unpaired) electrons. The third-order valence-corrected chi connectivity index (χ3v) is 2.12. The Labute approximate surface area is 90.7 Å². The number of hydrogen-bond donors (Lipinski definition) is 1. The summed E-state index contributed by atoms with van der Waals surface area (Å²) in [7, 11) is 1.75. The number of benzene rings is 1. The van der Waals surface area contributed by atoms with Gasteiger partial charge in [-0.3, -0.25) is 0 Å². The lowest BCUT2D eigenvalue weighted by Crippen LogP contribution is -2.29. The van der Waals surface area contributed by atoms with Gasteiger partial charge in [0.2, 0.25) is 0 Å². The number of ether oxygens (including phenoxy) is 1. The van der Waals surface area contributed by atoms with Crippen LogP contribution in [0.4, 0.5) is 0 Å². The Balaban J connectivity index is 2.62. The number of hydrogen-bond acceptors (Lipinski definition) is 3. The summed E-state index contributed by atoms with van der Waals surface area (Å²) >= 11 is 0. The average molecular weight is 204 g/mol. The van der Waals surface area contributed by atoms with Crippen molar-refractivity contribution in [2.45, 2.75) is 19.9 Å². The van der Waals surface area contributed by atoms with Crippen molar-refractivity contribution < 1.29 is 4.74 Å². The highest BCUT2D eigenvalue weighted by atomic mass is 16.5. The molecule has 80 valence electrons. The molecule has 0 aromatic heterocycles. The second kappa shape index (κ2) is 5.38. The fourth-order valence-corrected chi connectivity index (χ4v) is 1.38. The Hall–Kier alpha value is -1.53. The molecule has 0 aliphatic heterocycles. The topological polar surface area (TPSA) is 45.0 Å². The van der Waals surface area contributed by atoms with E-state index in [1.165, 1.54) is 11.1 Å². The molecule has 0 aliphatic rings. The van der Waals surface area contributed by atoms with Crippen LogP contribution in [0, 0.1) is 25.2 Å². The van der Waals surface area contributed by atoms with Crippen molar-refractivity contribution in [3.05, 3.63) is 29.3 Å². The molecule has 1 atom stereocenters. The first-order chi connectivity index (χ1) is 7.15. The van der Waals surface area contributed by atoms with E-state index in [1.54, 1.807) is 7.05 Å². The van der Waals surface area contributed by atoms with Gasteiger partial charge in [-0.2, -0.15) is 5.26 Å². The summed E-state index contributed by atoms with van der Waals surface area (Å²) in [5.74, 6) is 0.822. The van der Waals surface area contributed by atoms with Crippen LogP contribution in [0.5, 0.6) is 5.75 Å². The Bertz CT molecular complexity index is 348. The molecule has 0 amide bonds. The maximum absolute atomic E-state index is 8.72. The van der Waals surface area contributed by atoms with Gasteiger partial charge in [0.25, 0.3) is 0 Å². The van der Waals surface area contributed by atoms with E-state index < -0.39 is 0 Å². The van der Waals surface area contributed by atoms with Crippen LogP contribution in [0.25, 0.3) is 0 Å². The quantitative estimate of drug-likeness (QED) is 0.813. The summed E-state index contributed by atoms with van der Waals surface area (Å²) in [6, 6.07) is 7.89. The lowest BCUT2D eigenvalue weighted by Gasteiger charge is -2.11. The monoisotopic (exact) mass is 204 g/mol. The minimum atomic E-state index is -0.259. The Morgan fingerprint density at radius 3 is 2.40 bits per heavy atom. The maximum atomic E-state index is 8.72. The van der Waals surface area contributed by atoms with Gasteiger partial charge in [0, 0.05) is 0 Å². The molecule has 0 aliphatic carbocycles. The van der Waals surface area contributed by atoms with Gasteiger partial charge in [-0.25, -0.2) is 0 Å². The van der Waals surface area contributed by atoms with Crippen molar-refractivity contribution in [3.63, 3.8) is 0 Å². The molecular weight excluding hydrogens is 188 g/mol. The molecule has 1 rings (SSSR count). The number of nitrogens with zero attached hydrogens (tertiary/aromatic N) is 1. The molecule has 15 heavy (non-hydrogen) atoms. The molecule has 3 nitrogen and oxygen atoms in total. The highest BCUT2D eigenvalue weighted by Crippen LogP contribution is 2.16.